The van der Waals surface area contributed by atoms with Crippen molar-refractivity contribution in [2.45, 2.75) is 44.2 Å². The lowest BCUT2D eigenvalue weighted by Crippen LogP contribution is -2.45. The molecule has 2 aromatic rings. The minimum absolute atomic E-state index is 0.122. The van der Waals surface area contributed by atoms with Crippen molar-refractivity contribution >= 4 is 40.8 Å². The Hall–Kier alpha value is -2.52. The molecule has 6 nitrogen and oxygen atoms in total. The lowest BCUT2D eigenvalue weighted by Gasteiger charge is -2.38. The number of amides is 2. The molecule has 0 unspecified atom stereocenters. The molecule has 212 valence electrons. The summed E-state index contributed by atoms with van der Waals surface area (Å²) < 4.78 is 41.6. The molecular weight excluding hydrogens is 552 g/mol. The first-order valence-corrected chi connectivity index (χ1v) is 13.9. The molecule has 0 N–H and O–H groups in total. The van der Waals surface area contributed by atoms with Crippen LogP contribution in [-0.4, -0.2) is 73.0 Å². The van der Waals surface area contributed by atoms with E-state index in [2.05, 4.69) is 9.88 Å². The van der Waals surface area contributed by atoms with E-state index < -0.39 is 18.0 Å². The van der Waals surface area contributed by atoms with Crippen LogP contribution in [0.15, 0.2) is 36.4 Å². The molecular formula is C28H33Cl2F3N4O2. The van der Waals surface area contributed by atoms with E-state index in [9.17, 15) is 22.8 Å². The Morgan fingerprint density at radius 3 is 2.15 bits per heavy atom. The topological polar surface area (TPSA) is 56.8 Å². The quantitative estimate of drug-likeness (QED) is 0.375. The van der Waals surface area contributed by atoms with Gasteiger partial charge in [-0.3, -0.25) is 9.59 Å². The number of hydrogen-bond donors (Lipinski definition) is 0. The molecule has 3 heterocycles. The molecule has 1 aromatic heterocycles. The van der Waals surface area contributed by atoms with Gasteiger partial charge in [0.1, 0.15) is 11.0 Å². The van der Waals surface area contributed by atoms with Crippen molar-refractivity contribution in [1.29, 1.82) is 0 Å². The maximum Gasteiger partial charge on any atom is 0.404 e. The van der Waals surface area contributed by atoms with Crippen molar-refractivity contribution in [3.8, 4) is 0 Å². The Bertz CT molecular complexity index is 1180. The van der Waals surface area contributed by atoms with Gasteiger partial charge in [0.15, 0.2) is 5.92 Å². The van der Waals surface area contributed by atoms with Crippen LogP contribution >= 0.6 is 23.2 Å². The van der Waals surface area contributed by atoms with Crippen LogP contribution < -0.4 is 4.90 Å². The van der Waals surface area contributed by atoms with Crippen molar-refractivity contribution in [2.75, 3.05) is 45.2 Å². The summed E-state index contributed by atoms with van der Waals surface area (Å²) in [6.07, 6.45) is -0.343. The molecule has 4 rings (SSSR count). The Morgan fingerprint density at radius 1 is 1.00 bits per heavy atom. The standard InChI is InChI=1S/C28H33Cl2F3N4O2/c1-35(2)26(38)22-6-7-23(34-25(22)30)36-12-8-18(9-13-36)16-19-10-14-37(15-11-19)27(39)24(28(31,32)33)20-4-3-5-21(29)17-20/h3-7,17-19,24H,8-16H2,1-2H3/t24-/m1/s1. The van der Waals surface area contributed by atoms with Crippen LogP contribution in [0, 0.1) is 11.8 Å². The fourth-order valence-electron chi connectivity index (χ4n) is 5.60. The van der Waals surface area contributed by atoms with Crippen LogP contribution in [-0.2, 0) is 4.79 Å². The van der Waals surface area contributed by atoms with Gasteiger partial charge in [-0.2, -0.15) is 13.2 Å². The number of benzene rings is 1. The number of nitrogens with zero attached hydrogens (tertiary/aromatic N) is 4. The predicted molar refractivity (Wildman–Crippen MR) is 146 cm³/mol. The van der Waals surface area contributed by atoms with E-state index in [4.69, 9.17) is 23.2 Å². The number of alkyl halides is 3. The van der Waals surface area contributed by atoms with Gasteiger partial charge in [0.05, 0.1) is 5.56 Å². The van der Waals surface area contributed by atoms with Gasteiger partial charge in [-0.05, 0) is 73.8 Å². The molecule has 1 aromatic carbocycles. The molecule has 0 bridgehead atoms. The number of piperidine rings is 2. The van der Waals surface area contributed by atoms with Crippen molar-refractivity contribution in [2.24, 2.45) is 11.8 Å². The third kappa shape index (κ3) is 7.17. The number of aromatic nitrogens is 1. The summed E-state index contributed by atoms with van der Waals surface area (Å²) in [6, 6.07) is 9.00. The zero-order valence-electron chi connectivity index (χ0n) is 22.1. The molecule has 0 spiro atoms. The number of carbonyl (C=O) groups is 2. The highest BCUT2D eigenvalue weighted by Gasteiger charge is 2.48. The Balaban J connectivity index is 1.28. The molecule has 2 aliphatic heterocycles. The highest BCUT2D eigenvalue weighted by Crippen LogP contribution is 2.39. The van der Waals surface area contributed by atoms with Crippen LogP contribution in [0.5, 0.6) is 0 Å². The molecule has 39 heavy (non-hydrogen) atoms. The van der Waals surface area contributed by atoms with Gasteiger partial charge in [0.25, 0.3) is 5.91 Å². The maximum absolute atomic E-state index is 13.9. The first-order chi connectivity index (χ1) is 18.4. The monoisotopic (exact) mass is 584 g/mol. The number of halogens is 5. The zero-order chi connectivity index (χ0) is 28.3. The number of carbonyl (C=O) groups excluding carboxylic acids is 2. The van der Waals surface area contributed by atoms with Crippen LogP contribution in [0.1, 0.15) is 53.9 Å². The predicted octanol–water partition coefficient (Wildman–Crippen LogP) is 6.28. The molecule has 0 radical (unpaired) electrons. The molecule has 2 saturated heterocycles. The van der Waals surface area contributed by atoms with Gasteiger partial charge in [-0.15, -0.1) is 0 Å². The molecule has 2 amide bonds. The minimum atomic E-state index is -4.69. The molecule has 1 atom stereocenters. The summed E-state index contributed by atoms with van der Waals surface area (Å²) in [5.41, 5.74) is 0.253. The second-order valence-corrected chi connectivity index (χ2v) is 11.5. The van der Waals surface area contributed by atoms with Crippen molar-refractivity contribution in [3.63, 3.8) is 0 Å². The Labute approximate surface area is 237 Å². The third-order valence-electron chi connectivity index (χ3n) is 7.76. The van der Waals surface area contributed by atoms with E-state index in [1.807, 2.05) is 6.07 Å². The largest absolute Gasteiger partial charge is 0.404 e. The molecule has 11 heteroatoms. The highest BCUT2D eigenvalue weighted by atomic mass is 35.5. The van der Waals surface area contributed by atoms with E-state index in [0.29, 0.717) is 43.3 Å². The number of anilines is 1. The second kappa shape index (κ2) is 12.3. The number of likely N-dealkylation sites (tertiary alicyclic amines) is 1. The lowest BCUT2D eigenvalue weighted by atomic mass is 9.82. The average molecular weight is 585 g/mol. The van der Waals surface area contributed by atoms with Crippen molar-refractivity contribution < 1.29 is 22.8 Å². The molecule has 2 aliphatic rings. The van der Waals surface area contributed by atoms with Gasteiger partial charge in [-0.25, -0.2) is 4.98 Å². The first-order valence-electron chi connectivity index (χ1n) is 13.2. The van der Waals surface area contributed by atoms with Crippen LogP contribution in [0.25, 0.3) is 0 Å². The summed E-state index contributed by atoms with van der Waals surface area (Å²) in [4.78, 5) is 34.6. The molecule has 0 aliphatic carbocycles. The van der Waals surface area contributed by atoms with E-state index >= 15 is 0 Å². The zero-order valence-corrected chi connectivity index (χ0v) is 23.6. The van der Waals surface area contributed by atoms with Crippen LogP contribution in [0.2, 0.25) is 10.2 Å². The summed E-state index contributed by atoms with van der Waals surface area (Å²) in [5.74, 6) is -1.66. The summed E-state index contributed by atoms with van der Waals surface area (Å²) in [5, 5.41) is 0.368. The average Bonchev–Trinajstić information content (AvgIpc) is 2.88. The van der Waals surface area contributed by atoms with Crippen LogP contribution in [0.4, 0.5) is 19.0 Å². The van der Waals surface area contributed by atoms with Crippen molar-refractivity contribution in [3.05, 3.63) is 57.7 Å². The highest BCUT2D eigenvalue weighted by molar-refractivity contribution is 6.32. The first kappa shape index (κ1) is 29.5. The lowest BCUT2D eigenvalue weighted by molar-refractivity contribution is -0.173. The van der Waals surface area contributed by atoms with E-state index in [1.54, 1.807) is 20.2 Å². The summed E-state index contributed by atoms with van der Waals surface area (Å²) >= 11 is 12.2. The van der Waals surface area contributed by atoms with Gasteiger partial charge in [-0.1, -0.05) is 35.3 Å². The fraction of sp³-hybridized carbons (Fsp3) is 0.536. The van der Waals surface area contributed by atoms with E-state index in [1.165, 1.54) is 34.1 Å². The third-order valence-corrected chi connectivity index (χ3v) is 8.28. The summed E-state index contributed by atoms with van der Waals surface area (Å²) in [6.45, 7) is 2.30. The molecule has 0 saturated carbocycles. The fourth-order valence-corrected chi connectivity index (χ4v) is 6.03. The number of pyridine rings is 1. The SMILES string of the molecule is CN(C)C(=O)c1ccc(N2CCC(CC3CCN(C(=O)[C@@H](c4cccc(Cl)c4)C(F)(F)F)CC3)CC2)nc1Cl. The Morgan fingerprint density at radius 2 is 1.62 bits per heavy atom. The summed E-state index contributed by atoms with van der Waals surface area (Å²) in [7, 11) is 3.33. The van der Waals surface area contributed by atoms with Gasteiger partial charge < -0.3 is 14.7 Å². The number of hydrogen-bond acceptors (Lipinski definition) is 4. The minimum Gasteiger partial charge on any atom is -0.357 e. The van der Waals surface area contributed by atoms with Gasteiger partial charge in [0, 0.05) is 45.3 Å². The molecule has 2 fully saturated rings. The van der Waals surface area contributed by atoms with Crippen molar-refractivity contribution in [1.82, 2.24) is 14.8 Å². The normalized spacial score (nSPS) is 18.2. The Kier molecular flexibility index (Phi) is 9.32. The number of rotatable bonds is 6. The van der Waals surface area contributed by atoms with E-state index in [-0.39, 0.29) is 21.6 Å². The van der Waals surface area contributed by atoms with Gasteiger partial charge in [0.2, 0.25) is 5.91 Å². The smallest absolute Gasteiger partial charge is 0.357 e. The van der Waals surface area contributed by atoms with E-state index in [0.717, 1.165) is 38.2 Å². The van der Waals surface area contributed by atoms with Gasteiger partial charge >= 0.3 is 6.18 Å². The second-order valence-electron chi connectivity index (χ2n) is 10.7. The van der Waals surface area contributed by atoms with Crippen LogP contribution in [0.3, 0.4) is 0 Å². The maximum atomic E-state index is 13.9.